The van der Waals surface area contributed by atoms with Gasteiger partial charge in [-0.25, -0.2) is 13.2 Å². The van der Waals surface area contributed by atoms with Gasteiger partial charge in [0, 0.05) is 6.92 Å². The molecular formula is C15H12F3NO4. The molecule has 0 unspecified atom stereocenters. The van der Waals surface area contributed by atoms with Crippen LogP contribution in [0.2, 0.25) is 0 Å². The number of hydrogen-bond donors (Lipinski definition) is 0. The number of nitro groups is 1. The molecule has 0 aliphatic carbocycles. The van der Waals surface area contributed by atoms with E-state index in [4.69, 9.17) is 9.47 Å². The van der Waals surface area contributed by atoms with Gasteiger partial charge in [0.1, 0.15) is 5.82 Å². The number of nitrogens with zero attached hydrogens (tertiary/aromatic N) is 1. The van der Waals surface area contributed by atoms with Crippen molar-refractivity contribution >= 4 is 5.69 Å². The van der Waals surface area contributed by atoms with E-state index in [2.05, 4.69) is 0 Å². The van der Waals surface area contributed by atoms with Crippen molar-refractivity contribution in [1.82, 2.24) is 0 Å². The van der Waals surface area contributed by atoms with Gasteiger partial charge in [-0.3, -0.25) is 10.1 Å². The van der Waals surface area contributed by atoms with Gasteiger partial charge in [0.25, 0.3) is 5.92 Å². The first-order chi connectivity index (χ1) is 10.7. The van der Waals surface area contributed by atoms with Crippen LogP contribution >= 0.6 is 0 Å². The van der Waals surface area contributed by atoms with E-state index < -0.39 is 33.7 Å². The molecule has 0 saturated carbocycles. The molecule has 0 aliphatic rings. The van der Waals surface area contributed by atoms with Crippen LogP contribution in [0.5, 0.6) is 17.2 Å². The smallest absolute Gasteiger partial charge is 0.315 e. The first-order valence-corrected chi connectivity index (χ1v) is 6.41. The number of alkyl halides is 2. The van der Waals surface area contributed by atoms with Crippen molar-refractivity contribution in [2.45, 2.75) is 12.8 Å². The monoisotopic (exact) mass is 327 g/mol. The number of benzene rings is 2. The summed E-state index contributed by atoms with van der Waals surface area (Å²) < 4.78 is 51.2. The van der Waals surface area contributed by atoms with Gasteiger partial charge < -0.3 is 9.47 Å². The summed E-state index contributed by atoms with van der Waals surface area (Å²) >= 11 is 0. The normalized spacial score (nSPS) is 11.2. The number of para-hydroxylation sites is 2. The van der Waals surface area contributed by atoms with Crippen molar-refractivity contribution in [3.8, 4) is 17.2 Å². The molecule has 0 heterocycles. The number of nitro benzene ring substituents is 1. The average Bonchev–Trinajstić information content (AvgIpc) is 2.47. The van der Waals surface area contributed by atoms with Crippen LogP contribution in [0.4, 0.5) is 18.9 Å². The molecule has 8 heteroatoms. The quantitative estimate of drug-likeness (QED) is 0.592. The number of rotatable bonds is 5. The summed E-state index contributed by atoms with van der Waals surface area (Å²) in [6.07, 6.45) is 0. The molecule has 23 heavy (non-hydrogen) atoms. The van der Waals surface area contributed by atoms with E-state index in [9.17, 15) is 23.3 Å². The van der Waals surface area contributed by atoms with Crippen LogP contribution in [-0.4, -0.2) is 12.0 Å². The third-order valence-electron chi connectivity index (χ3n) is 2.98. The van der Waals surface area contributed by atoms with Gasteiger partial charge in [0.05, 0.1) is 23.7 Å². The molecule has 2 aromatic rings. The molecule has 0 N–H and O–H groups in total. The fraction of sp³-hybridized carbons (Fsp3) is 0.200. The molecule has 0 bridgehead atoms. The molecule has 0 atom stereocenters. The Bertz CT molecular complexity index is 744. The van der Waals surface area contributed by atoms with Gasteiger partial charge in [-0.05, 0) is 18.2 Å². The number of halogens is 3. The molecule has 2 aromatic carbocycles. The van der Waals surface area contributed by atoms with Crippen molar-refractivity contribution in [1.29, 1.82) is 0 Å². The van der Waals surface area contributed by atoms with Crippen LogP contribution in [0.3, 0.4) is 0 Å². The van der Waals surface area contributed by atoms with Crippen LogP contribution in [0.1, 0.15) is 12.5 Å². The Morgan fingerprint density at radius 1 is 1.17 bits per heavy atom. The van der Waals surface area contributed by atoms with Gasteiger partial charge in [-0.2, -0.15) is 0 Å². The molecule has 0 saturated heterocycles. The summed E-state index contributed by atoms with van der Waals surface area (Å²) in [5.74, 6) is -5.23. The van der Waals surface area contributed by atoms with Gasteiger partial charge >= 0.3 is 5.69 Å². The Morgan fingerprint density at radius 2 is 1.78 bits per heavy atom. The standard InChI is InChI=1S/C15H12F3NO4/c1-15(17,18)10-7-9(16)8-11(19(20)21)14(10)23-13-6-4-3-5-12(13)22-2/h3-8H,1-2H3. The molecule has 122 valence electrons. The SMILES string of the molecule is COc1ccccc1Oc1c([N+](=O)[O-])cc(F)cc1C(C)(F)F. The second-order valence-corrected chi connectivity index (χ2v) is 4.70. The molecule has 0 spiro atoms. The third-order valence-corrected chi connectivity index (χ3v) is 2.98. The Labute approximate surface area is 129 Å². The highest BCUT2D eigenvalue weighted by molar-refractivity contribution is 5.56. The highest BCUT2D eigenvalue weighted by atomic mass is 19.3. The maximum Gasteiger partial charge on any atom is 0.315 e. The zero-order chi connectivity index (χ0) is 17.2. The Kier molecular flexibility index (Phi) is 4.44. The summed E-state index contributed by atoms with van der Waals surface area (Å²) in [6, 6.07) is 7.08. The Hall–Kier alpha value is -2.77. The lowest BCUT2D eigenvalue weighted by atomic mass is 10.1. The second-order valence-electron chi connectivity index (χ2n) is 4.70. The molecule has 0 amide bonds. The first kappa shape index (κ1) is 16.6. The number of hydrogen-bond acceptors (Lipinski definition) is 4. The minimum Gasteiger partial charge on any atom is -0.493 e. The van der Waals surface area contributed by atoms with Crippen LogP contribution in [-0.2, 0) is 5.92 Å². The predicted molar refractivity (Wildman–Crippen MR) is 75.7 cm³/mol. The lowest BCUT2D eigenvalue weighted by Gasteiger charge is -2.17. The summed E-state index contributed by atoms with van der Waals surface area (Å²) in [4.78, 5) is 10.1. The van der Waals surface area contributed by atoms with Crippen LogP contribution in [0, 0.1) is 15.9 Å². The minimum atomic E-state index is -3.54. The molecular weight excluding hydrogens is 315 g/mol. The molecule has 0 aromatic heterocycles. The molecule has 5 nitrogen and oxygen atoms in total. The zero-order valence-corrected chi connectivity index (χ0v) is 12.2. The van der Waals surface area contributed by atoms with E-state index in [1.807, 2.05) is 0 Å². The van der Waals surface area contributed by atoms with E-state index in [1.165, 1.54) is 25.3 Å². The molecule has 0 radical (unpaired) electrons. The fourth-order valence-corrected chi connectivity index (χ4v) is 1.96. The van der Waals surface area contributed by atoms with E-state index in [0.717, 1.165) is 0 Å². The molecule has 0 fully saturated rings. The largest absolute Gasteiger partial charge is 0.493 e. The number of ether oxygens (including phenoxy) is 2. The van der Waals surface area contributed by atoms with E-state index >= 15 is 0 Å². The van der Waals surface area contributed by atoms with E-state index in [0.29, 0.717) is 19.1 Å². The van der Waals surface area contributed by atoms with Crippen molar-refractivity contribution < 1.29 is 27.6 Å². The Balaban J connectivity index is 2.66. The van der Waals surface area contributed by atoms with Crippen molar-refractivity contribution in [2.75, 3.05) is 7.11 Å². The summed E-state index contributed by atoms with van der Waals surface area (Å²) in [5, 5.41) is 11.1. The maximum absolute atomic E-state index is 13.7. The number of methoxy groups -OCH3 is 1. The van der Waals surface area contributed by atoms with E-state index in [1.54, 1.807) is 6.07 Å². The molecule has 0 aliphatic heterocycles. The van der Waals surface area contributed by atoms with Crippen LogP contribution in [0.15, 0.2) is 36.4 Å². The lowest BCUT2D eigenvalue weighted by molar-refractivity contribution is -0.386. The van der Waals surface area contributed by atoms with E-state index in [-0.39, 0.29) is 11.5 Å². The topological polar surface area (TPSA) is 61.6 Å². The van der Waals surface area contributed by atoms with Crippen LogP contribution in [0.25, 0.3) is 0 Å². The van der Waals surface area contributed by atoms with Gasteiger partial charge in [0.15, 0.2) is 11.5 Å². The summed E-state index contributed by atoms with van der Waals surface area (Å²) in [5.41, 5.74) is -1.82. The minimum absolute atomic E-state index is 0.00444. The lowest BCUT2D eigenvalue weighted by Crippen LogP contribution is -2.11. The highest BCUT2D eigenvalue weighted by Crippen LogP contribution is 2.44. The van der Waals surface area contributed by atoms with Gasteiger partial charge in [-0.1, -0.05) is 12.1 Å². The fourth-order valence-electron chi connectivity index (χ4n) is 1.96. The molecule has 2 rings (SSSR count). The highest BCUT2D eigenvalue weighted by Gasteiger charge is 2.35. The summed E-state index contributed by atoms with van der Waals surface area (Å²) in [6.45, 7) is 0.501. The zero-order valence-electron chi connectivity index (χ0n) is 12.2. The van der Waals surface area contributed by atoms with Gasteiger partial charge in [0.2, 0.25) is 5.75 Å². The Morgan fingerprint density at radius 3 is 2.30 bits per heavy atom. The maximum atomic E-state index is 13.7. The van der Waals surface area contributed by atoms with Crippen molar-refractivity contribution in [3.05, 3.63) is 57.9 Å². The predicted octanol–water partition coefficient (Wildman–Crippen LogP) is 4.65. The summed E-state index contributed by atoms with van der Waals surface area (Å²) in [7, 11) is 1.33. The van der Waals surface area contributed by atoms with Gasteiger partial charge in [-0.15, -0.1) is 0 Å². The first-order valence-electron chi connectivity index (χ1n) is 6.41. The third kappa shape index (κ3) is 3.53. The van der Waals surface area contributed by atoms with Crippen LogP contribution < -0.4 is 9.47 Å². The second kappa shape index (κ2) is 6.15. The van der Waals surface area contributed by atoms with Crippen molar-refractivity contribution in [3.63, 3.8) is 0 Å². The van der Waals surface area contributed by atoms with Crippen molar-refractivity contribution in [2.24, 2.45) is 0 Å². The average molecular weight is 327 g/mol.